The van der Waals surface area contributed by atoms with Crippen molar-refractivity contribution < 1.29 is 4.79 Å². The molecule has 3 aromatic rings. The molecule has 1 fully saturated rings. The zero-order chi connectivity index (χ0) is 20.2. The third kappa shape index (κ3) is 4.66. The summed E-state index contributed by atoms with van der Waals surface area (Å²) in [5.41, 5.74) is 2.49. The lowest BCUT2D eigenvalue weighted by molar-refractivity contribution is 0.0746. The molecule has 0 spiro atoms. The molecule has 1 saturated heterocycles. The highest BCUT2D eigenvalue weighted by Gasteiger charge is 2.24. The van der Waals surface area contributed by atoms with Crippen LogP contribution >= 0.6 is 11.6 Å². The van der Waals surface area contributed by atoms with Crippen LogP contribution < -0.4 is 10.2 Å². The predicted molar refractivity (Wildman–Crippen MR) is 116 cm³/mol. The summed E-state index contributed by atoms with van der Waals surface area (Å²) in [5.74, 6) is 1.44. The molecule has 1 aromatic heterocycles. The van der Waals surface area contributed by atoms with Crippen molar-refractivity contribution >= 4 is 35.0 Å². The van der Waals surface area contributed by atoms with Gasteiger partial charge in [-0.25, -0.2) is 4.98 Å². The standard InChI is InChI=1S/C22H22ClN5O/c1-16-14-20(25-19-8-3-2-4-9-19)26-22(24-16)28-12-10-27(11-13-28)21(29)17-6-5-7-18(23)15-17/h2-9,14-15H,10-13H2,1H3,(H,24,25,26). The molecular weight excluding hydrogens is 386 g/mol. The summed E-state index contributed by atoms with van der Waals surface area (Å²) < 4.78 is 0. The summed E-state index contributed by atoms with van der Waals surface area (Å²) in [6, 6.07) is 18.9. The van der Waals surface area contributed by atoms with Crippen LogP contribution in [0.4, 0.5) is 17.5 Å². The molecule has 0 bridgehead atoms. The minimum absolute atomic E-state index is 0.00347. The van der Waals surface area contributed by atoms with Gasteiger partial charge in [0.1, 0.15) is 5.82 Å². The van der Waals surface area contributed by atoms with Gasteiger partial charge in [-0.05, 0) is 37.3 Å². The summed E-state index contributed by atoms with van der Waals surface area (Å²) >= 11 is 6.02. The van der Waals surface area contributed by atoms with Crippen molar-refractivity contribution in [3.8, 4) is 0 Å². The van der Waals surface area contributed by atoms with Gasteiger partial charge in [0.2, 0.25) is 5.95 Å². The molecule has 2 heterocycles. The first-order valence-electron chi connectivity index (χ1n) is 9.56. The number of nitrogens with one attached hydrogen (secondary N) is 1. The molecular formula is C22H22ClN5O. The van der Waals surface area contributed by atoms with E-state index in [2.05, 4.69) is 20.2 Å². The number of aromatic nitrogens is 2. The second-order valence-electron chi connectivity index (χ2n) is 6.98. The summed E-state index contributed by atoms with van der Waals surface area (Å²) in [6.07, 6.45) is 0. The van der Waals surface area contributed by atoms with E-state index in [-0.39, 0.29) is 5.91 Å². The zero-order valence-corrected chi connectivity index (χ0v) is 16.9. The first-order chi connectivity index (χ1) is 14.1. The number of hydrogen-bond donors (Lipinski definition) is 1. The van der Waals surface area contributed by atoms with Gasteiger partial charge in [0.25, 0.3) is 5.91 Å². The van der Waals surface area contributed by atoms with Crippen molar-refractivity contribution in [2.75, 3.05) is 36.4 Å². The maximum absolute atomic E-state index is 12.7. The Morgan fingerprint density at radius 2 is 1.72 bits per heavy atom. The Labute approximate surface area is 175 Å². The van der Waals surface area contributed by atoms with Crippen molar-refractivity contribution in [2.45, 2.75) is 6.92 Å². The Morgan fingerprint density at radius 3 is 2.45 bits per heavy atom. The Morgan fingerprint density at radius 1 is 0.966 bits per heavy atom. The number of hydrogen-bond acceptors (Lipinski definition) is 5. The van der Waals surface area contributed by atoms with Crippen molar-refractivity contribution in [3.05, 3.63) is 76.9 Å². The largest absolute Gasteiger partial charge is 0.340 e. The molecule has 2 aromatic carbocycles. The van der Waals surface area contributed by atoms with E-state index in [9.17, 15) is 4.79 Å². The lowest BCUT2D eigenvalue weighted by Crippen LogP contribution is -2.49. The minimum atomic E-state index is 0.00347. The number of amides is 1. The smallest absolute Gasteiger partial charge is 0.254 e. The number of aryl methyl sites for hydroxylation is 1. The van der Waals surface area contributed by atoms with E-state index in [4.69, 9.17) is 11.6 Å². The number of para-hydroxylation sites is 1. The fraction of sp³-hybridized carbons (Fsp3) is 0.227. The first kappa shape index (κ1) is 19.2. The number of nitrogens with zero attached hydrogens (tertiary/aromatic N) is 4. The van der Waals surface area contributed by atoms with Crippen molar-refractivity contribution in [1.82, 2.24) is 14.9 Å². The second kappa shape index (κ2) is 8.49. The Hall–Kier alpha value is -3.12. The molecule has 0 saturated carbocycles. The van der Waals surface area contributed by atoms with Gasteiger partial charge in [-0.2, -0.15) is 4.98 Å². The Kier molecular flexibility index (Phi) is 5.62. The van der Waals surface area contributed by atoms with E-state index in [0.29, 0.717) is 42.7 Å². The number of halogens is 1. The number of anilines is 3. The number of rotatable bonds is 4. The molecule has 1 amide bonds. The monoisotopic (exact) mass is 407 g/mol. The molecule has 0 aliphatic carbocycles. The van der Waals surface area contributed by atoms with Gasteiger partial charge in [-0.15, -0.1) is 0 Å². The van der Waals surface area contributed by atoms with Gasteiger partial charge in [-0.1, -0.05) is 35.9 Å². The van der Waals surface area contributed by atoms with Crippen LogP contribution in [0.25, 0.3) is 0 Å². The van der Waals surface area contributed by atoms with Gasteiger partial charge >= 0.3 is 0 Å². The molecule has 29 heavy (non-hydrogen) atoms. The maximum atomic E-state index is 12.7. The van der Waals surface area contributed by atoms with Crippen LogP contribution in [0.3, 0.4) is 0 Å². The fourth-order valence-electron chi connectivity index (χ4n) is 3.34. The predicted octanol–water partition coefficient (Wildman–Crippen LogP) is 4.14. The SMILES string of the molecule is Cc1cc(Nc2ccccc2)nc(N2CCN(C(=O)c3cccc(Cl)c3)CC2)n1. The molecule has 6 nitrogen and oxygen atoms in total. The number of benzene rings is 2. The molecule has 148 valence electrons. The molecule has 4 rings (SSSR count). The highest BCUT2D eigenvalue weighted by molar-refractivity contribution is 6.30. The van der Waals surface area contributed by atoms with Crippen LogP contribution in [0.15, 0.2) is 60.7 Å². The quantitative estimate of drug-likeness (QED) is 0.704. The highest BCUT2D eigenvalue weighted by Crippen LogP contribution is 2.20. The van der Waals surface area contributed by atoms with E-state index >= 15 is 0 Å². The summed E-state index contributed by atoms with van der Waals surface area (Å²) in [4.78, 5) is 25.9. The van der Waals surface area contributed by atoms with Gasteiger partial charge in [0, 0.05) is 54.2 Å². The average molecular weight is 408 g/mol. The maximum Gasteiger partial charge on any atom is 0.254 e. The lowest BCUT2D eigenvalue weighted by atomic mass is 10.2. The number of piperazine rings is 1. The minimum Gasteiger partial charge on any atom is -0.340 e. The van der Waals surface area contributed by atoms with Crippen molar-refractivity contribution in [3.63, 3.8) is 0 Å². The fourth-order valence-corrected chi connectivity index (χ4v) is 3.53. The highest BCUT2D eigenvalue weighted by atomic mass is 35.5. The van der Waals surface area contributed by atoms with Gasteiger partial charge in [0.15, 0.2) is 0 Å². The van der Waals surface area contributed by atoms with Crippen LogP contribution in [0.5, 0.6) is 0 Å². The third-order valence-corrected chi connectivity index (χ3v) is 5.04. The molecule has 1 N–H and O–H groups in total. The van der Waals surface area contributed by atoms with E-state index in [1.807, 2.05) is 48.2 Å². The van der Waals surface area contributed by atoms with E-state index < -0.39 is 0 Å². The average Bonchev–Trinajstić information content (AvgIpc) is 2.74. The van der Waals surface area contributed by atoms with Crippen molar-refractivity contribution in [1.29, 1.82) is 0 Å². The molecule has 1 aliphatic rings. The van der Waals surface area contributed by atoms with Crippen molar-refractivity contribution in [2.24, 2.45) is 0 Å². The summed E-state index contributed by atoms with van der Waals surface area (Å²) in [5, 5.41) is 3.89. The Bertz CT molecular complexity index is 1000. The molecule has 0 unspecified atom stereocenters. The van der Waals surface area contributed by atoms with Gasteiger partial charge in [0.05, 0.1) is 0 Å². The molecule has 0 radical (unpaired) electrons. The lowest BCUT2D eigenvalue weighted by Gasteiger charge is -2.35. The topological polar surface area (TPSA) is 61.4 Å². The van der Waals surface area contributed by atoms with Crippen LogP contribution in [0.1, 0.15) is 16.1 Å². The van der Waals surface area contributed by atoms with E-state index in [1.165, 1.54) is 0 Å². The second-order valence-corrected chi connectivity index (χ2v) is 7.41. The summed E-state index contributed by atoms with van der Waals surface area (Å²) in [7, 11) is 0. The Balaban J connectivity index is 1.43. The van der Waals surface area contributed by atoms with Crippen LogP contribution in [-0.4, -0.2) is 47.0 Å². The number of carbonyl (C=O) groups is 1. The number of carbonyl (C=O) groups excluding carboxylic acids is 1. The van der Waals surface area contributed by atoms with E-state index in [0.717, 1.165) is 17.2 Å². The third-order valence-electron chi connectivity index (χ3n) is 4.81. The molecule has 7 heteroatoms. The van der Waals surface area contributed by atoms with Crippen LogP contribution in [0.2, 0.25) is 5.02 Å². The normalized spacial score (nSPS) is 14.0. The first-order valence-corrected chi connectivity index (χ1v) is 9.94. The van der Waals surface area contributed by atoms with E-state index in [1.54, 1.807) is 24.3 Å². The summed E-state index contributed by atoms with van der Waals surface area (Å²) in [6.45, 7) is 4.55. The van der Waals surface area contributed by atoms with Crippen LogP contribution in [-0.2, 0) is 0 Å². The molecule has 0 atom stereocenters. The zero-order valence-electron chi connectivity index (χ0n) is 16.2. The van der Waals surface area contributed by atoms with Crippen LogP contribution in [0, 0.1) is 6.92 Å². The molecule has 1 aliphatic heterocycles. The van der Waals surface area contributed by atoms with Gasteiger partial charge in [-0.3, -0.25) is 4.79 Å². The van der Waals surface area contributed by atoms with Gasteiger partial charge < -0.3 is 15.1 Å².